The number of alkyl halides is 2. The summed E-state index contributed by atoms with van der Waals surface area (Å²) in [5, 5.41) is 2.32. The number of halogens is 2. The third-order valence-electron chi connectivity index (χ3n) is 3.98. The minimum atomic E-state index is -3.23. The van der Waals surface area contributed by atoms with E-state index in [0.29, 0.717) is 11.3 Å². The second kappa shape index (κ2) is 6.46. The summed E-state index contributed by atoms with van der Waals surface area (Å²) in [5.41, 5.74) is 0.626. The molecule has 8 heteroatoms. The highest BCUT2D eigenvalue weighted by molar-refractivity contribution is 6.00. The van der Waals surface area contributed by atoms with Crippen molar-refractivity contribution in [2.45, 2.75) is 12.0 Å². The van der Waals surface area contributed by atoms with Gasteiger partial charge in [-0.1, -0.05) is 24.8 Å². The topological polar surface area (TPSA) is 75.4 Å². The van der Waals surface area contributed by atoms with Crippen LogP contribution in [0.15, 0.2) is 53.9 Å². The van der Waals surface area contributed by atoms with Crippen molar-refractivity contribution < 1.29 is 22.8 Å². The number of amides is 2. The van der Waals surface area contributed by atoms with Gasteiger partial charge in [-0.3, -0.25) is 9.59 Å². The third-order valence-corrected chi connectivity index (χ3v) is 3.98. The van der Waals surface area contributed by atoms with Gasteiger partial charge in [0.25, 0.3) is 11.8 Å². The van der Waals surface area contributed by atoms with Crippen molar-refractivity contribution in [2.24, 2.45) is 0 Å². The molecule has 2 heterocycles. The van der Waals surface area contributed by atoms with Crippen LogP contribution < -0.4 is 5.32 Å². The molecular weight excluding hydrogens is 332 g/mol. The lowest BCUT2D eigenvalue weighted by atomic mass is 10.0. The Bertz CT molecular complexity index is 805. The Labute approximate surface area is 142 Å². The van der Waals surface area contributed by atoms with Crippen molar-refractivity contribution in [2.75, 3.05) is 13.1 Å². The molecule has 2 aromatic rings. The molecule has 0 spiro atoms. The monoisotopic (exact) mass is 347 g/mol. The lowest BCUT2D eigenvalue weighted by Gasteiger charge is -2.19. The first-order valence-electron chi connectivity index (χ1n) is 7.50. The van der Waals surface area contributed by atoms with Crippen LogP contribution in [-0.2, 0) is 4.79 Å². The predicted octanol–water partition coefficient (Wildman–Crippen LogP) is 2.10. The molecule has 0 aliphatic carbocycles. The Hall–Kier alpha value is -3.03. The van der Waals surface area contributed by atoms with E-state index in [2.05, 4.69) is 16.9 Å². The number of benzene rings is 1. The molecule has 25 heavy (non-hydrogen) atoms. The molecule has 1 aliphatic heterocycles. The second-order valence-corrected chi connectivity index (χ2v) is 5.62. The predicted molar refractivity (Wildman–Crippen MR) is 84.9 cm³/mol. The summed E-state index contributed by atoms with van der Waals surface area (Å²) in [4.78, 5) is 28.8. The molecular formula is C17H15F2N3O3. The minimum absolute atomic E-state index is 0.184. The van der Waals surface area contributed by atoms with Gasteiger partial charge in [0.05, 0.1) is 18.3 Å². The number of carbonyl (C=O) groups is 2. The van der Waals surface area contributed by atoms with Crippen LogP contribution in [0.5, 0.6) is 0 Å². The summed E-state index contributed by atoms with van der Waals surface area (Å²) in [6, 6.07) is 4.98. The molecule has 1 atom stereocenters. The number of hydrogen-bond donors (Lipinski definition) is 1. The van der Waals surface area contributed by atoms with E-state index < -0.39 is 30.3 Å². The number of nitrogens with one attached hydrogen (secondary N) is 1. The SMILES string of the molecule is C=CC(=O)N1CC(NC(=O)c2ccccc2-c2cnco2)C(F)(F)C1. The third kappa shape index (κ3) is 3.28. The number of nitrogens with zero attached hydrogens (tertiary/aromatic N) is 2. The van der Waals surface area contributed by atoms with Crippen LogP contribution in [0.3, 0.4) is 0 Å². The number of likely N-dealkylation sites (tertiary alicyclic amines) is 1. The van der Waals surface area contributed by atoms with Gasteiger partial charge < -0.3 is 14.6 Å². The van der Waals surface area contributed by atoms with Gasteiger partial charge >= 0.3 is 0 Å². The number of oxazole rings is 1. The number of hydrogen-bond acceptors (Lipinski definition) is 4. The number of aromatic nitrogens is 1. The van der Waals surface area contributed by atoms with Gasteiger partial charge in [0.15, 0.2) is 12.2 Å². The zero-order valence-corrected chi connectivity index (χ0v) is 13.1. The molecule has 0 saturated carbocycles. The van der Waals surface area contributed by atoms with Crippen molar-refractivity contribution in [1.82, 2.24) is 15.2 Å². The summed E-state index contributed by atoms with van der Waals surface area (Å²) in [6.07, 6.45) is 3.62. The van der Waals surface area contributed by atoms with Crippen LogP contribution in [0, 0.1) is 0 Å². The molecule has 1 saturated heterocycles. The molecule has 130 valence electrons. The Kier molecular flexibility index (Phi) is 4.35. The smallest absolute Gasteiger partial charge is 0.286 e. The van der Waals surface area contributed by atoms with Crippen LogP contribution >= 0.6 is 0 Å². The van der Waals surface area contributed by atoms with Gasteiger partial charge in [-0.15, -0.1) is 0 Å². The van der Waals surface area contributed by atoms with E-state index in [4.69, 9.17) is 4.42 Å². The Morgan fingerprint density at radius 2 is 2.16 bits per heavy atom. The summed E-state index contributed by atoms with van der Waals surface area (Å²) >= 11 is 0. The van der Waals surface area contributed by atoms with Gasteiger partial charge in [-0.05, 0) is 12.1 Å². The largest absolute Gasteiger partial charge is 0.443 e. The molecule has 0 bridgehead atoms. The fourth-order valence-corrected chi connectivity index (χ4v) is 2.71. The molecule has 1 aliphatic rings. The second-order valence-electron chi connectivity index (χ2n) is 5.62. The fraction of sp³-hybridized carbons (Fsp3) is 0.235. The summed E-state index contributed by atoms with van der Waals surface area (Å²) < 4.78 is 33.4. The molecule has 3 rings (SSSR count). The molecule has 6 nitrogen and oxygen atoms in total. The van der Waals surface area contributed by atoms with Crippen LogP contribution in [0.1, 0.15) is 10.4 Å². The maximum Gasteiger partial charge on any atom is 0.286 e. The van der Waals surface area contributed by atoms with Gasteiger partial charge in [0, 0.05) is 12.1 Å². The fourth-order valence-electron chi connectivity index (χ4n) is 2.71. The van der Waals surface area contributed by atoms with Gasteiger partial charge in [0.2, 0.25) is 5.91 Å². The lowest BCUT2D eigenvalue weighted by molar-refractivity contribution is -0.126. The van der Waals surface area contributed by atoms with Crippen molar-refractivity contribution in [3.05, 3.63) is 55.1 Å². The van der Waals surface area contributed by atoms with E-state index >= 15 is 0 Å². The quantitative estimate of drug-likeness (QED) is 0.860. The first kappa shape index (κ1) is 16.8. The molecule has 2 amide bonds. The summed E-state index contributed by atoms with van der Waals surface area (Å²) in [7, 11) is 0. The first-order valence-corrected chi connectivity index (χ1v) is 7.50. The maximum absolute atomic E-state index is 14.1. The molecule has 1 fully saturated rings. The Morgan fingerprint density at radius 3 is 2.84 bits per heavy atom. The zero-order valence-electron chi connectivity index (χ0n) is 13.1. The standard InChI is InChI=1S/C17H15F2N3O3/c1-2-15(23)22-8-14(17(18,19)9-22)21-16(24)12-6-4-3-5-11(12)13-7-20-10-25-13/h2-7,10,14H,1,8-9H2,(H,21,24). The van der Waals surface area contributed by atoms with Crippen LogP contribution in [0.2, 0.25) is 0 Å². The van der Waals surface area contributed by atoms with Crippen molar-refractivity contribution in [3.63, 3.8) is 0 Å². The van der Waals surface area contributed by atoms with Crippen molar-refractivity contribution >= 4 is 11.8 Å². The number of rotatable bonds is 4. The van der Waals surface area contributed by atoms with Crippen LogP contribution in [-0.4, -0.2) is 46.8 Å². The van der Waals surface area contributed by atoms with E-state index in [1.54, 1.807) is 18.2 Å². The summed E-state index contributed by atoms with van der Waals surface area (Å²) in [6.45, 7) is 2.25. The maximum atomic E-state index is 14.1. The highest BCUT2D eigenvalue weighted by Crippen LogP contribution is 2.29. The number of carbonyl (C=O) groups excluding carboxylic acids is 2. The zero-order chi connectivity index (χ0) is 18.0. The molecule has 1 N–H and O–H groups in total. The molecule has 1 aromatic heterocycles. The van der Waals surface area contributed by atoms with Crippen molar-refractivity contribution in [3.8, 4) is 11.3 Å². The van der Waals surface area contributed by atoms with E-state index in [1.165, 1.54) is 18.7 Å². The normalized spacial score (nSPS) is 18.8. The Balaban J connectivity index is 1.82. The van der Waals surface area contributed by atoms with E-state index in [-0.39, 0.29) is 12.1 Å². The molecule has 0 radical (unpaired) electrons. The van der Waals surface area contributed by atoms with Gasteiger partial charge in [-0.2, -0.15) is 0 Å². The minimum Gasteiger partial charge on any atom is -0.443 e. The van der Waals surface area contributed by atoms with Gasteiger partial charge in [-0.25, -0.2) is 13.8 Å². The lowest BCUT2D eigenvalue weighted by Crippen LogP contribution is -2.46. The summed E-state index contributed by atoms with van der Waals surface area (Å²) in [5.74, 6) is -4.15. The highest BCUT2D eigenvalue weighted by Gasteiger charge is 2.50. The average Bonchev–Trinajstić information content (AvgIpc) is 3.22. The highest BCUT2D eigenvalue weighted by atomic mass is 19.3. The molecule has 1 aromatic carbocycles. The Morgan fingerprint density at radius 1 is 1.40 bits per heavy atom. The van der Waals surface area contributed by atoms with Crippen molar-refractivity contribution in [1.29, 1.82) is 0 Å². The van der Waals surface area contributed by atoms with Crippen LogP contribution in [0.4, 0.5) is 8.78 Å². The first-order chi connectivity index (χ1) is 11.9. The van der Waals surface area contributed by atoms with E-state index in [9.17, 15) is 18.4 Å². The van der Waals surface area contributed by atoms with E-state index in [1.807, 2.05) is 0 Å². The average molecular weight is 347 g/mol. The van der Waals surface area contributed by atoms with E-state index in [0.717, 1.165) is 11.0 Å². The van der Waals surface area contributed by atoms with Crippen LogP contribution in [0.25, 0.3) is 11.3 Å². The molecule has 1 unspecified atom stereocenters. The van der Waals surface area contributed by atoms with Gasteiger partial charge in [0.1, 0.15) is 6.04 Å².